The Bertz CT molecular complexity index is 586. The molecule has 0 spiro atoms. The number of hydrogen-bond donors (Lipinski definition) is 0. The molecule has 0 aliphatic rings. The van der Waals surface area contributed by atoms with Gasteiger partial charge in [0.1, 0.15) is 0 Å². The number of esters is 2. The van der Waals surface area contributed by atoms with Gasteiger partial charge in [0.25, 0.3) is 0 Å². The fraction of sp³-hybridized carbons (Fsp3) is 0.308. The lowest BCUT2D eigenvalue weighted by atomic mass is 9.95. The van der Waals surface area contributed by atoms with Crippen LogP contribution in [-0.2, 0) is 23.9 Å². The Morgan fingerprint density at radius 3 is 2.48 bits per heavy atom. The van der Waals surface area contributed by atoms with Gasteiger partial charge in [-0.2, -0.15) is 0 Å². The van der Waals surface area contributed by atoms with Gasteiger partial charge in [-0.05, 0) is 22.0 Å². The fourth-order valence-corrected chi connectivity index (χ4v) is 1.84. The third-order valence-corrected chi connectivity index (χ3v) is 2.86. The molecule has 8 heteroatoms. The van der Waals surface area contributed by atoms with E-state index in [1.165, 1.54) is 18.5 Å². The molecule has 0 N–H and O–H groups in total. The van der Waals surface area contributed by atoms with Gasteiger partial charge in [0, 0.05) is 29.4 Å². The summed E-state index contributed by atoms with van der Waals surface area (Å²) < 4.78 is 9.49. The number of methoxy groups -OCH3 is 1. The average Bonchev–Trinajstić information content (AvgIpc) is 2.44. The quantitative estimate of drug-likeness (QED) is 0.424. The minimum Gasteiger partial charge on any atom is -0.468 e. The van der Waals surface area contributed by atoms with Crippen LogP contribution >= 0.6 is 15.9 Å². The number of aromatic nitrogens is 1. The molecule has 1 aromatic heterocycles. The molecule has 0 saturated carbocycles. The summed E-state index contributed by atoms with van der Waals surface area (Å²) >= 11 is 3.14. The summed E-state index contributed by atoms with van der Waals surface area (Å²) in [5.74, 6) is -5.03. The Morgan fingerprint density at radius 2 is 1.95 bits per heavy atom. The smallest absolute Gasteiger partial charge is 0.324 e. The second-order valence-corrected chi connectivity index (χ2v) is 4.87. The normalized spacial score (nSPS) is 11.4. The fourth-order valence-electron chi connectivity index (χ4n) is 1.47. The second kappa shape index (κ2) is 7.63. The second-order valence-electron chi connectivity index (χ2n) is 3.96. The highest BCUT2D eigenvalue weighted by atomic mass is 79.9. The summed E-state index contributed by atoms with van der Waals surface area (Å²) in [5.41, 5.74) is 0.0657. The summed E-state index contributed by atoms with van der Waals surface area (Å²) in [5, 5.41) is 0. The van der Waals surface area contributed by atoms with Crippen LogP contribution in [0.2, 0.25) is 0 Å². The minimum absolute atomic E-state index is 0.0657. The van der Waals surface area contributed by atoms with Gasteiger partial charge in [0.2, 0.25) is 0 Å². The molecular formula is C13H12BrNO6. The summed E-state index contributed by atoms with van der Waals surface area (Å²) in [6.07, 6.45) is 2.67. The summed E-state index contributed by atoms with van der Waals surface area (Å²) in [7, 11) is 1.06. The number of carbonyl (C=O) groups is 4. The monoisotopic (exact) mass is 357 g/mol. The minimum atomic E-state index is -1.69. The Kier molecular flexibility index (Phi) is 6.16. The van der Waals surface area contributed by atoms with Crippen LogP contribution < -0.4 is 0 Å². The van der Waals surface area contributed by atoms with Crippen molar-refractivity contribution < 1.29 is 28.7 Å². The number of rotatable bonds is 6. The summed E-state index contributed by atoms with van der Waals surface area (Å²) in [4.78, 5) is 50.3. The van der Waals surface area contributed by atoms with Gasteiger partial charge in [0.15, 0.2) is 24.1 Å². The lowest BCUT2D eigenvalue weighted by Crippen LogP contribution is -2.35. The average molecular weight is 358 g/mol. The molecule has 1 aromatic rings. The molecule has 0 aromatic carbocycles. The van der Waals surface area contributed by atoms with Gasteiger partial charge in [0.05, 0.1) is 7.11 Å². The number of ketones is 2. The number of pyridine rings is 1. The molecule has 0 saturated heterocycles. The van der Waals surface area contributed by atoms with Gasteiger partial charge in [-0.15, -0.1) is 0 Å². The SMILES string of the molecule is COC(=O)C(C(=O)COC(C)=O)C(=O)c1cncc(Br)c1. The molecule has 0 aliphatic carbocycles. The van der Waals surface area contributed by atoms with Crippen LogP contribution in [0.15, 0.2) is 22.9 Å². The first-order valence-corrected chi connectivity index (χ1v) is 6.54. The molecule has 0 radical (unpaired) electrons. The van der Waals surface area contributed by atoms with Crippen molar-refractivity contribution in [2.75, 3.05) is 13.7 Å². The van der Waals surface area contributed by atoms with E-state index in [1.54, 1.807) is 0 Å². The zero-order valence-electron chi connectivity index (χ0n) is 11.3. The van der Waals surface area contributed by atoms with Crippen LogP contribution in [-0.4, -0.2) is 42.2 Å². The Hall–Kier alpha value is -2.09. The maximum Gasteiger partial charge on any atom is 0.324 e. The van der Waals surface area contributed by atoms with E-state index in [0.29, 0.717) is 4.47 Å². The number of nitrogens with zero attached hydrogens (tertiary/aromatic N) is 1. The Labute approximate surface area is 128 Å². The van der Waals surface area contributed by atoms with E-state index in [9.17, 15) is 19.2 Å². The van der Waals surface area contributed by atoms with E-state index < -0.39 is 36.0 Å². The first-order chi connectivity index (χ1) is 9.86. The number of hydrogen-bond acceptors (Lipinski definition) is 7. The molecular weight excluding hydrogens is 346 g/mol. The van der Waals surface area contributed by atoms with Gasteiger partial charge in [-0.1, -0.05) is 0 Å². The first kappa shape index (κ1) is 17.0. The van der Waals surface area contributed by atoms with E-state index >= 15 is 0 Å². The first-order valence-electron chi connectivity index (χ1n) is 5.75. The van der Waals surface area contributed by atoms with Crippen LogP contribution in [0.1, 0.15) is 17.3 Å². The number of carbonyl (C=O) groups excluding carboxylic acids is 4. The predicted octanol–water partition coefficient (Wildman–Crippen LogP) is 0.948. The number of Topliss-reactive ketones (excluding diaryl/α,β-unsaturated/α-hetero) is 2. The molecule has 112 valence electrons. The molecule has 0 bridgehead atoms. The molecule has 0 aliphatic heterocycles. The molecule has 7 nitrogen and oxygen atoms in total. The van der Waals surface area contributed by atoms with Crippen molar-refractivity contribution in [2.24, 2.45) is 5.92 Å². The molecule has 1 heterocycles. The van der Waals surface area contributed by atoms with Crippen molar-refractivity contribution in [1.29, 1.82) is 0 Å². The molecule has 1 unspecified atom stereocenters. The molecule has 21 heavy (non-hydrogen) atoms. The van der Waals surface area contributed by atoms with Gasteiger partial charge in [-0.25, -0.2) is 0 Å². The Morgan fingerprint density at radius 1 is 1.29 bits per heavy atom. The highest BCUT2D eigenvalue weighted by molar-refractivity contribution is 9.10. The van der Waals surface area contributed by atoms with E-state index in [-0.39, 0.29) is 5.56 Å². The third-order valence-electron chi connectivity index (χ3n) is 2.43. The van der Waals surface area contributed by atoms with Crippen LogP contribution in [0.4, 0.5) is 0 Å². The lowest BCUT2D eigenvalue weighted by Gasteiger charge is -2.12. The van der Waals surface area contributed by atoms with Gasteiger partial charge in [-0.3, -0.25) is 24.2 Å². The van der Waals surface area contributed by atoms with Crippen molar-refractivity contribution >= 4 is 39.4 Å². The molecule has 1 atom stereocenters. The van der Waals surface area contributed by atoms with Crippen molar-refractivity contribution in [2.45, 2.75) is 6.92 Å². The molecule has 0 amide bonds. The van der Waals surface area contributed by atoms with E-state index in [1.807, 2.05) is 0 Å². The van der Waals surface area contributed by atoms with Gasteiger partial charge >= 0.3 is 11.9 Å². The predicted molar refractivity (Wildman–Crippen MR) is 73.4 cm³/mol. The van der Waals surface area contributed by atoms with E-state index in [4.69, 9.17) is 0 Å². The van der Waals surface area contributed by atoms with Crippen LogP contribution in [0.25, 0.3) is 0 Å². The summed E-state index contributed by atoms with van der Waals surface area (Å²) in [6.45, 7) is 0.433. The lowest BCUT2D eigenvalue weighted by molar-refractivity contribution is -0.152. The summed E-state index contributed by atoms with van der Waals surface area (Å²) in [6, 6.07) is 1.42. The number of ether oxygens (including phenoxy) is 2. The van der Waals surface area contributed by atoms with Crippen molar-refractivity contribution in [3.05, 3.63) is 28.5 Å². The van der Waals surface area contributed by atoms with Crippen LogP contribution in [0.5, 0.6) is 0 Å². The van der Waals surface area contributed by atoms with Crippen LogP contribution in [0.3, 0.4) is 0 Å². The maximum atomic E-state index is 12.3. The van der Waals surface area contributed by atoms with Crippen LogP contribution in [0, 0.1) is 5.92 Å². The largest absolute Gasteiger partial charge is 0.468 e. The molecule has 0 fully saturated rings. The highest BCUT2D eigenvalue weighted by Crippen LogP contribution is 2.16. The van der Waals surface area contributed by atoms with E-state index in [0.717, 1.165) is 14.0 Å². The third kappa shape index (κ3) is 4.75. The molecule has 1 rings (SSSR count). The van der Waals surface area contributed by atoms with Crippen molar-refractivity contribution in [1.82, 2.24) is 4.98 Å². The van der Waals surface area contributed by atoms with Crippen molar-refractivity contribution in [3.63, 3.8) is 0 Å². The highest BCUT2D eigenvalue weighted by Gasteiger charge is 2.36. The maximum absolute atomic E-state index is 12.3. The Balaban J connectivity index is 3.02. The zero-order chi connectivity index (χ0) is 16.0. The standard InChI is InChI=1S/C13H12BrNO6/c1-7(16)21-6-10(17)11(13(19)20-2)12(18)8-3-9(14)5-15-4-8/h3-5,11H,6H2,1-2H3. The van der Waals surface area contributed by atoms with Gasteiger partial charge < -0.3 is 9.47 Å². The van der Waals surface area contributed by atoms with E-state index in [2.05, 4.69) is 30.4 Å². The topological polar surface area (TPSA) is 99.6 Å². The van der Waals surface area contributed by atoms with Crippen molar-refractivity contribution in [3.8, 4) is 0 Å². The number of halogens is 1. The zero-order valence-corrected chi connectivity index (χ0v) is 12.9.